The molecule has 0 aliphatic carbocycles. The molecule has 0 aromatic heterocycles. The average molecular weight is 141 g/mol. The average Bonchev–Trinajstić information content (AvgIpc) is 2.05. The van der Waals surface area contributed by atoms with Crippen LogP contribution in [0.5, 0.6) is 0 Å². The Bertz CT molecular complexity index is 186. The second-order valence-corrected chi connectivity index (χ2v) is 2.34. The molecule has 11 heavy (non-hydrogen) atoms. The summed E-state index contributed by atoms with van der Waals surface area (Å²) in [5.41, 5.74) is 1.28. The topological polar surface area (TPSA) is 12.0 Å². The fourth-order valence-corrected chi connectivity index (χ4v) is 0.860. The Morgan fingerprint density at radius 1 is 1.27 bits per heavy atom. The quantitative estimate of drug-likeness (QED) is 0.417. The largest absolute Gasteiger partial charge is 1.00 e. The van der Waals surface area contributed by atoms with Crippen molar-refractivity contribution in [1.82, 2.24) is 5.32 Å². The van der Waals surface area contributed by atoms with Gasteiger partial charge in [0, 0.05) is 6.04 Å². The van der Waals surface area contributed by atoms with Gasteiger partial charge in [0.05, 0.1) is 0 Å². The first-order valence-electron chi connectivity index (χ1n) is 3.42. The van der Waals surface area contributed by atoms with Gasteiger partial charge in [0.15, 0.2) is 0 Å². The molecule has 54 valence electrons. The van der Waals surface area contributed by atoms with E-state index >= 15 is 0 Å². The van der Waals surface area contributed by atoms with E-state index in [4.69, 9.17) is 0 Å². The van der Waals surface area contributed by atoms with Crippen molar-refractivity contribution in [3.05, 3.63) is 42.9 Å². The Hall–Kier alpha value is -0.223. The van der Waals surface area contributed by atoms with Gasteiger partial charge in [-0.25, -0.2) is 0 Å². The van der Waals surface area contributed by atoms with Crippen molar-refractivity contribution in [2.24, 2.45) is 0 Å². The van der Waals surface area contributed by atoms with Crippen LogP contribution in [0.3, 0.4) is 0 Å². The zero-order chi connectivity index (χ0) is 7.40. The summed E-state index contributed by atoms with van der Waals surface area (Å²) >= 11 is 0. The summed E-state index contributed by atoms with van der Waals surface area (Å²) < 4.78 is 0. The molecule has 1 aromatic carbocycles. The molecule has 0 saturated heterocycles. The summed E-state index contributed by atoms with van der Waals surface area (Å²) in [6.45, 7) is 2.09. The van der Waals surface area contributed by atoms with E-state index in [9.17, 15) is 0 Å². The Balaban J connectivity index is 0.000001000. The molecule has 0 aliphatic rings. The van der Waals surface area contributed by atoms with Crippen LogP contribution in [0.4, 0.5) is 0 Å². The number of benzene rings is 1. The molecular formula is C9H12LiN. The van der Waals surface area contributed by atoms with Gasteiger partial charge in [0.1, 0.15) is 0 Å². The van der Waals surface area contributed by atoms with Gasteiger partial charge in [0.25, 0.3) is 0 Å². The summed E-state index contributed by atoms with van der Waals surface area (Å²) in [5.74, 6) is 0. The molecule has 0 bridgehead atoms. The van der Waals surface area contributed by atoms with Crippen LogP contribution in [0.15, 0.2) is 30.3 Å². The van der Waals surface area contributed by atoms with E-state index in [0.29, 0.717) is 6.04 Å². The molecule has 0 heterocycles. The molecule has 0 radical (unpaired) electrons. The van der Waals surface area contributed by atoms with Gasteiger partial charge in [-0.15, -0.1) is 0 Å². The summed E-state index contributed by atoms with van der Waals surface area (Å²) in [5, 5.41) is 2.93. The van der Waals surface area contributed by atoms with Crippen LogP contribution in [0.2, 0.25) is 0 Å². The van der Waals surface area contributed by atoms with Crippen molar-refractivity contribution in [3.63, 3.8) is 0 Å². The fourth-order valence-electron chi connectivity index (χ4n) is 0.860. The van der Waals surface area contributed by atoms with E-state index in [1.165, 1.54) is 5.56 Å². The molecule has 1 aromatic rings. The van der Waals surface area contributed by atoms with Crippen LogP contribution in [-0.2, 0) is 0 Å². The second kappa shape index (κ2) is 5.43. The van der Waals surface area contributed by atoms with Crippen LogP contribution in [0.1, 0.15) is 18.5 Å². The fraction of sp³-hybridized carbons (Fsp3) is 0.222. The number of rotatable bonds is 2. The Morgan fingerprint density at radius 3 is 2.27 bits per heavy atom. The molecule has 1 nitrogen and oxygen atoms in total. The van der Waals surface area contributed by atoms with Crippen molar-refractivity contribution in [2.45, 2.75) is 13.0 Å². The molecule has 0 fully saturated rings. The van der Waals surface area contributed by atoms with Gasteiger partial charge in [-0.1, -0.05) is 30.3 Å². The molecule has 1 atom stereocenters. The third kappa shape index (κ3) is 3.12. The number of hydrogen-bond acceptors (Lipinski definition) is 1. The van der Waals surface area contributed by atoms with E-state index in [1.807, 2.05) is 18.2 Å². The smallest absolute Gasteiger partial charge is 0.467 e. The standard InChI is InChI=1S/C9H12N.Li/c1-8(10-2)9-6-4-3-5-7-9;/h3-8,10H,2H2,1H3;/q-1;+1/t8-;/m0./s1. The maximum Gasteiger partial charge on any atom is 1.00 e. The van der Waals surface area contributed by atoms with Gasteiger partial charge >= 0.3 is 18.9 Å². The SMILES string of the molecule is [CH2-]N[C@@H](C)c1ccccc1.[Li+]. The van der Waals surface area contributed by atoms with Gasteiger partial charge in [-0.2, -0.15) is 0 Å². The van der Waals surface area contributed by atoms with Crippen LogP contribution < -0.4 is 24.2 Å². The molecule has 0 saturated carbocycles. The predicted molar refractivity (Wildman–Crippen MR) is 43.3 cm³/mol. The number of hydrogen-bond donors (Lipinski definition) is 1. The van der Waals surface area contributed by atoms with E-state index in [-0.39, 0.29) is 18.9 Å². The van der Waals surface area contributed by atoms with Gasteiger partial charge in [0.2, 0.25) is 0 Å². The van der Waals surface area contributed by atoms with E-state index < -0.39 is 0 Å². The Kier molecular flexibility index (Phi) is 5.32. The first-order chi connectivity index (χ1) is 4.84. The van der Waals surface area contributed by atoms with Gasteiger partial charge in [-0.3, -0.25) is 7.05 Å². The van der Waals surface area contributed by atoms with Crippen molar-refractivity contribution >= 4 is 0 Å². The summed E-state index contributed by atoms with van der Waals surface area (Å²) in [4.78, 5) is 0. The molecule has 0 spiro atoms. The summed E-state index contributed by atoms with van der Waals surface area (Å²) in [6, 6.07) is 10.6. The van der Waals surface area contributed by atoms with Crippen molar-refractivity contribution in [2.75, 3.05) is 0 Å². The minimum absolute atomic E-state index is 0. The normalized spacial score (nSPS) is 11.8. The van der Waals surface area contributed by atoms with Gasteiger partial charge in [-0.05, 0) is 12.5 Å². The maximum absolute atomic E-state index is 3.61. The van der Waals surface area contributed by atoms with Crippen LogP contribution in [-0.4, -0.2) is 0 Å². The summed E-state index contributed by atoms with van der Waals surface area (Å²) in [6.07, 6.45) is 0. The van der Waals surface area contributed by atoms with Crippen LogP contribution >= 0.6 is 0 Å². The zero-order valence-corrected chi connectivity index (χ0v) is 7.17. The first-order valence-corrected chi connectivity index (χ1v) is 3.42. The van der Waals surface area contributed by atoms with Gasteiger partial charge < -0.3 is 5.32 Å². The van der Waals surface area contributed by atoms with Crippen molar-refractivity contribution in [3.8, 4) is 0 Å². The molecule has 0 unspecified atom stereocenters. The van der Waals surface area contributed by atoms with Crippen LogP contribution in [0.25, 0.3) is 0 Å². The molecule has 0 amide bonds. The zero-order valence-electron chi connectivity index (χ0n) is 7.17. The maximum atomic E-state index is 3.61. The molecule has 0 aliphatic heterocycles. The minimum Gasteiger partial charge on any atom is -0.467 e. The monoisotopic (exact) mass is 141 g/mol. The molecular weight excluding hydrogens is 129 g/mol. The van der Waals surface area contributed by atoms with E-state index in [0.717, 1.165) is 0 Å². The Morgan fingerprint density at radius 2 is 1.82 bits per heavy atom. The van der Waals surface area contributed by atoms with Crippen molar-refractivity contribution < 1.29 is 18.9 Å². The molecule has 1 N–H and O–H groups in total. The molecule has 1 rings (SSSR count). The first kappa shape index (κ1) is 10.8. The van der Waals surface area contributed by atoms with E-state index in [1.54, 1.807) is 0 Å². The van der Waals surface area contributed by atoms with Crippen molar-refractivity contribution in [1.29, 1.82) is 0 Å². The summed E-state index contributed by atoms with van der Waals surface area (Å²) in [7, 11) is 3.61. The Labute approximate surface area is 80.4 Å². The predicted octanol–water partition coefficient (Wildman–Crippen LogP) is -0.867. The second-order valence-electron chi connectivity index (χ2n) is 2.34. The van der Waals surface area contributed by atoms with Crippen LogP contribution in [0, 0.1) is 7.05 Å². The number of nitrogens with one attached hydrogen (secondary N) is 1. The van der Waals surface area contributed by atoms with E-state index in [2.05, 4.69) is 31.4 Å². The minimum atomic E-state index is 0. The molecule has 2 heteroatoms. The third-order valence-electron chi connectivity index (χ3n) is 1.61. The third-order valence-corrected chi connectivity index (χ3v) is 1.61.